The topological polar surface area (TPSA) is 30.5 Å². The van der Waals surface area contributed by atoms with Crippen LogP contribution < -0.4 is 14.8 Å². The van der Waals surface area contributed by atoms with Crippen LogP contribution in [-0.4, -0.2) is 27.3 Å². The molecule has 3 rings (SSSR count). The van der Waals surface area contributed by atoms with Crippen LogP contribution in [0.25, 0.3) is 0 Å². The molecule has 1 aliphatic heterocycles. The Hall–Kier alpha value is -2.00. The third-order valence-corrected chi connectivity index (χ3v) is 5.36. The van der Waals surface area contributed by atoms with Crippen molar-refractivity contribution in [3.8, 4) is 11.5 Å². The predicted molar refractivity (Wildman–Crippen MR) is 102 cm³/mol. The van der Waals surface area contributed by atoms with E-state index in [-0.39, 0.29) is 0 Å². The molecule has 25 heavy (non-hydrogen) atoms. The van der Waals surface area contributed by atoms with Crippen molar-refractivity contribution >= 4 is 0 Å². The van der Waals surface area contributed by atoms with Crippen molar-refractivity contribution < 1.29 is 9.47 Å². The van der Waals surface area contributed by atoms with Crippen LogP contribution in [0.1, 0.15) is 24.0 Å². The van der Waals surface area contributed by atoms with Crippen LogP contribution >= 0.6 is 0 Å². The summed E-state index contributed by atoms with van der Waals surface area (Å²) in [6.07, 6.45) is 4.80. The van der Waals surface area contributed by atoms with Crippen LogP contribution in [0.5, 0.6) is 11.5 Å². The lowest BCUT2D eigenvalue weighted by Gasteiger charge is -2.31. The fraction of sp³-hybridized carbons (Fsp3) is 0.455. The summed E-state index contributed by atoms with van der Waals surface area (Å²) in [7, 11) is 3.44. The van der Waals surface area contributed by atoms with Gasteiger partial charge in [-0.25, -0.2) is 0 Å². The van der Waals surface area contributed by atoms with Gasteiger partial charge < -0.3 is 14.8 Å². The minimum atomic E-state index is 0.670. The summed E-state index contributed by atoms with van der Waals surface area (Å²) in [4.78, 5) is 0. The second-order valence-corrected chi connectivity index (χ2v) is 6.95. The average molecular weight is 339 g/mol. The SMILES string of the molecule is COc1ccc(CC(Cc2ccc(OC)cc2)C2CCNCC2)cc1. The molecule has 1 N–H and O–H groups in total. The summed E-state index contributed by atoms with van der Waals surface area (Å²) >= 11 is 0. The normalized spacial score (nSPS) is 15.3. The first-order valence-corrected chi connectivity index (χ1v) is 9.25. The Labute approximate surface area is 151 Å². The largest absolute Gasteiger partial charge is 0.497 e. The van der Waals surface area contributed by atoms with E-state index in [0.717, 1.165) is 43.3 Å². The molecule has 3 heteroatoms. The van der Waals surface area contributed by atoms with Gasteiger partial charge in [-0.1, -0.05) is 24.3 Å². The number of hydrogen-bond acceptors (Lipinski definition) is 3. The van der Waals surface area contributed by atoms with Crippen molar-refractivity contribution in [2.75, 3.05) is 27.3 Å². The predicted octanol–water partition coefficient (Wildman–Crippen LogP) is 4.10. The summed E-state index contributed by atoms with van der Waals surface area (Å²) in [5, 5.41) is 3.49. The number of piperidine rings is 1. The number of nitrogens with one attached hydrogen (secondary N) is 1. The maximum Gasteiger partial charge on any atom is 0.118 e. The van der Waals surface area contributed by atoms with E-state index in [1.54, 1.807) is 14.2 Å². The van der Waals surface area contributed by atoms with E-state index < -0.39 is 0 Å². The lowest BCUT2D eigenvalue weighted by molar-refractivity contribution is 0.255. The number of hydrogen-bond donors (Lipinski definition) is 1. The van der Waals surface area contributed by atoms with Crippen molar-refractivity contribution in [2.24, 2.45) is 11.8 Å². The molecule has 0 saturated carbocycles. The molecule has 0 radical (unpaired) electrons. The molecule has 0 atom stereocenters. The smallest absolute Gasteiger partial charge is 0.118 e. The maximum atomic E-state index is 5.29. The quantitative estimate of drug-likeness (QED) is 0.824. The van der Waals surface area contributed by atoms with Gasteiger partial charge in [-0.15, -0.1) is 0 Å². The van der Waals surface area contributed by atoms with Gasteiger partial charge in [0.15, 0.2) is 0 Å². The molecule has 0 aromatic heterocycles. The average Bonchev–Trinajstić information content (AvgIpc) is 2.69. The Morgan fingerprint density at radius 2 is 1.24 bits per heavy atom. The van der Waals surface area contributed by atoms with Gasteiger partial charge in [-0.3, -0.25) is 0 Å². The summed E-state index contributed by atoms with van der Waals surface area (Å²) < 4.78 is 10.6. The van der Waals surface area contributed by atoms with Gasteiger partial charge in [0, 0.05) is 0 Å². The van der Waals surface area contributed by atoms with Crippen LogP contribution in [-0.2, 0) is 12.8 Å². The van der Waals surface area contributed by atoms with E-state index in [4.69, 9.17) is 9.47 Å². The molecule has 3 nitrogen and oxygen atoms in total. The lowest BCUT2D eigenvalue weighted by Crippen LogP contribution is -2.33. The first-order valence-electron chi connectivity index (χ1n) is 9.25. The van der Waals surface area contributed by atoms with Gasteiger partial charge in [0.25, 0.3) is 0 Å². The third kappa shape index (κ3) is 4.99. The standard InChI is InChI=1S/C22H29NO2/c1-24-21-7-3-17(4-8-21)15-20(19-11-13-23-14-12-19)16-18-5-9-22(25-2)10-6-18/h3-10,19-20,23H,11-16H2,1-2H3. The highest BCUT2D eigenvalue weighted by molar-refractivity contribution is 5.29. The monoisotopic (exact) mass is 339 g/mol. The summed E-state index contributed by atoms with van der Waals surface area (Å²) in [5.74, 6) is 3.31. The van der Waals surface area contributed by atoms with Crippen molar-refractivity contribution in [3.63, 3.8) is 0 Å². The molecule has 2 aromatic carbocycles. The van der Waals surface area contributed by atoms with Crippen molar-refractivity contribution in [1.29, 1.82) is 0 Å². The summed E-state index contributed by atoms with van der Waals surface area (Å²) in [5.41, 5.74) is 2.80. The zero-order valence-electron chi connectivity index (χ0n) is 15.3. The van der Waals surface area contributed by atoms with Crippen molar-refractivity contribution in [3.05, 3.63) is 59.7 Å². The van der Waals surface area contributed by atoms with E-state index in [1.807, 2.05) is 0 Å². The van der Waals surface area contributed by atoms with Crippen LogP contribution in [0.15, 0.2) is 48.5 Å². The van der Waals surface area contributed by atoms with Crippen molar-refractivity contribution in [1.82, 2.24) is 5.32 Å². The Kier molecular flexibility index (Phi) is 6.35. The minimum absolute atomic E-state index is 0.670. The summed E-state index contributed by atoms with van der Waals surface area (Å²) in [6, 6.07) is 17.1. The van der Waals surface area contributed by atoms with Crippen molar-refractivity contribution in [2.45, 2.75) is 25.7 Å². The first kappa shape index (κ1) is 17.8. The zero-order chi connectivity index (χ0) is 17.5. The maximum absolute atomic E-state index is 5.29. The van der Waals surface area contributed by atoms with Gasteiger partial charge in [-0.2, -0.15) is 0 Å². The van der Waals surface area contributed by atoms with Gasteiger partial charge in [-0.05, 0) is 86.0 Å². The molecule has 0 unspecified atom stereocenters. The molecule has 134 valence electrons. The highest BCUT2D eigenvalue weighted by Gasteiger charge is 2.24. The lowest BCUT2D eigenvalue weighted by atomic mass is 9.78. The molecular formula is C22H29NO2. The molecule has 1 heterocycles. The van der Waals surface area contributed by atoms with Gasteiger partial charge >= 0.3 is 0 Å². The van der Waals surface area contributed by atoms with Gasteiger partial charge in [0.1, 0.15) is 11.5 Å². The van der Waals surface area contributed by atoms with E-state index in [9.17, 15) is 0 Å². The van der Waals surface area contributed by atoms with Gasteiger partial charge in [0.2, 0.25) is 0 Å². The molecule has 0 spiro atoms. The Morgan fingerprint density at radius 3 is 1.64 bits per heavy atom. The Morgan fingerprint density at radius 1 is 0.800 bits per heavy atom. The molecular weight excluding hydrogens is 310 g/mol. The van der Waals surface area contributed by atoms with Crippen LogP contribution in [0, 0.1) is 11.8 Å². The van der Waals surface area contributed by atoms with E-state index in [0.29, 0.717) is 5.92 Å². The Bertz CT molecular complexity index is 581. The van der Waals surface area contributed by atoms with E-state index >= 15 is 0 Å². The third-order valence-electron chi connectivity index (χ3n) is 5.36. The number of methoxy groups -OCH3 is 2. The van der Waals surface area contributed by atoms with Crippen LogP contribution in [0.2, 0.25) is 0 Å². The Balaban J connectivity index is 1.73. The fourth-order valence-electron chi connectivity index (χ4n) is 3.85. The second kappa shape index (κ2) is 8.91. The molecule has 1 saturated heterocycles. The zero-order valence-corrected chi connectivity index (χ0v) is 15.3. The van der Waals surface area contributed by atoms with E-state index in [2.05, 4.69) is 53.8 Å². The molecule has 0 bridgehead atoms. The highest BCUT2D eigenvalue weighted by atomic mass is 16.5. The second-order valence-electron chi connectivity index (χ2n) is 6.95. The van der Waals surface area contributed by atoms with Gasteiger partial charge in [0.05, 0.1) is 14.2 Å². The molecule has 1 aliphatic rings. The first-order chi connectivity index (χ1) is 12.3. The number of benzene rings is 2. The molecule has 0 aliphatic carbocycles. The molecule has 0 amide bonds. The number of ether oxygens (including phenoxy) is 2. The highest BCUT2D eigenvalue weighted by Crippen LogP contribution is 2.29. The fourth-order valence-corrected chi connectivity index (χ4v) is 3.85. The number of rotatable bonds is 7. The minimum Gasteiger partial charge on any atom is -0.497 e. The van der Waals surface area contributed by atoms with Crippen LogP contribution in [0.3, 0.4) is 0 Å². The van der Waals surface area contributed by atoms with E-state index in [1.165, 1.54) is 24.0 Å². The molecule has 1 fully saturated rings. The summed E-state index contributed by atoms with van der Waals surface area (Å²) in [6.45, 7) is 2.29. The molecule has 2 aromatic rings. The van der Waals surface area contributed by atoms with Crippen LogP contribution in [0.4, 0.5) is 0 Å².